The van der Waals surface area contributed by atoms with E-state index in [1.165, 1.54) is 4.88 Å². The maximum Gasteiger partial charge on any atom is 0.0846 e. The Morgan fingerprint density at radius 3 is 2.94 bits per heavy atom. The van der Waals surface area contributed by atoms with Crippen LogP contribution in [0, 0.1) is 0 Å². The Morgan fingerprint density at radius 1 is 1.59 bits per heavy atom. The molecule has 0 bridgehead atoms. The summed E-state index contributed by atoms with van der Waals surface area (Å²) in [7, 11) is 1.89. The molecule has 0 aromatic carbocycles. The van der Waals surface area contributed by atoms with Gasteiger partial charge in [0.25, 0.3) is 0 Å². The molecule has 1 atom stereocenters. The third kappa shape index (κ3) is 3.37. The topological polar surface area (TPSA) is 42.7 Å². The zero-order valence-electron chi connectivity index (χ0n) is 9.85. The van der Waals surface area contributed by atoms with Gasteiger partial charge in [-0.25, -0.2) is 0 Å². The fourth-order valence-electron chi connectivity index (χ4n) is 1.73. The summed E-state index contributed by atoms with van der Waals surface area (Å²) in [4.78, 5) is 1.32. The smallest absolute Gasteiger partial charge is 0.0846 e. The second kappa shape index (κ2) is 5.75. The Hall–Kier alpha value is -0.720. The lowest BCUT2D eigenvalue weighted by Gasteiger charge is -2.14. The Labute approximate surface area is 113 Å². The maximum atomic E-state index is 4.14. The van der Waals surface area contributed by atoms with Gasteiger partial charge in [-0.05, 0) is 28.5 Å². The van der Waals surface area contributed by atoms with Crippen LogP contribution < -0.4 is 5.32 Å². The standard InChI is InChI=1S/C11H15BrN4S/c1-3-13-10(11-4-8(12)7-17-11)5-9-6-16(2)15-14-9/h4,6-7,10,13H,3,5H2,1-2H3. The summed E-state index contributed by atoms with van der Waals surface area (Å²) in [5, 5.41) is 13.7. The van der Waals surface area contributed by atoms with Crippen LogP contribution in [0.2, 0.25) is 0 Å². The van der Waals surface area contributed by atoms with Crippen LogP contribution in [0.4, 0.5) is 0 Å². The van der Waals surface area contributed by atoms with Gasteiger partial charge < -0.3 is 5.32 Å². The van der Waals surface area contributed by atoms with E-state index in [1.807, 2.05) is 13.2 Å². The van der Waals surface area contributed by atoms with Gasteiger partial charge in [-0.15, -0.1) is 16.4 Å². The van der Waals surface area contributed by atoms with Crippen molar-refractivity contribution >= 4 is 27.3 Å². The van der Waals surface area contributed by atoms with E-state index in [9.17, 15) is 0 Å². The van der Waals surface area contributed by atoms with Crippen molar-refractivity contribution in [2.45, 2.75) is 19.4 Å². The first-order valence-electron chi connectivity index (χ1n) is 5.51. The zero-order chi connectivity index (χ0) is 12.3. The highest BCUT2D eigenvalue weighted by molar-refractivity contribution is 9.10. The molecule has 2 aromatic heterocycles. The number of thiophene rings is 1. The molecule has 0 saturated carbocycles. The molecule has 0 aliphatic rings. The molecule has 1 unspecified atom stereocenters. The third-order valence-corrected chi connectivity index (χ3v) is 4.25. The molecular formula is C11H15BrN4S. The summed E-state index contributed by atoms with van der Waals surface area (Å²) >= 11 is 5.25. The number of likely N-dealkylation sites (N-methyl/N-ethyl adjacent to an activating group) is 1. The van der Waals surface area contributed by atoms with Gasteiger partial charge in [-0.3, -0.25) is 4.68 Å². The van der Waals surface area contributed by atoms with E-state index >= 15 is 0 Å². The monoisotopic (exact) mass is 314 g/mol. The lowest BCUT2D eigenvalue weighted by Crippen LogP contribution is -2.22. The molecule has 6 heteroatoms. The molecule has 0 spiro atoms. The van der Waals surface area contributed by atoms with Gasteiger partial charge in [0, 0.05) is 40.4 Å². The highest BCUT2D eigenvalue weighted by atomic mass is 79.9. The molecular weight excluding hydrogens is 300 g/mol. The van der Waals surface area contributed by atoms with Crippen molar-refractivity contribution < 1.29 is 0 Å². The van der Waals surface area contributed by atoms with Gasteiger partial charge in [-0.1, -0.05) is 12.1 Å². The van der Waals surface area contributed by atoms with E-state index in [0.29, 0.717) is 6.04 Å². The number of hydrogen-bond acceptors (Lipinski definition) is 4. The largest absolute Gasteiger partial charge is 0.309 e. The summed E-state index contributed by atoms with van der Waals surface area (Å²) in [5.74, 6) is 0. The summed E-state index contributed by atoms with van der Waals surface area (Å²) in [6.07, 6.45) is 2.83. The van der Waals surface area contributed by atoms with E-state index in [1.54, 1.807) is 16.0 Å². The Balaban J connectivity index is 2.12. The van der Waals surface area contributed by atoms with Gasteiger partial charge in [0.15, 0.2) is 0 Å². The van der Waals surface area contributed by atoms with Crippen LogP contribution in [0.15, 0.2) is 22.1 Å². The Kier molecular flexibility index (Phi) is 4.31. The number of nitrogens with one attached hydrogen (secondary N) is 1. The molecule has 2 rings (SSSR count). The summed E-state index contributed by atoms with van der Waals surface area (Å²) in [5.41, 5.74) is 1.02. The quantitative estimate of drug-likeness (QED) is 0.922. The minimum Gasteiger partial charge on any atom is -0.309 e. The summed E-state index contributed by atoms with van der Waals surface area (Å²) < 4.78 is 2.88. The van der Waals surface area contributed by atoms with Crippen LogP contribution in [0.3, 0.4) is 0 Å². The van der Waals surface area contributed by atoms with Crippen molar-refractivity contribution in [2.24, 2.45) is 7.05 Å². The van der Waals surface area contributed by atoms with Crippen molar-refractivity contribution in [1.29, 1.82) is 0 Å². The van der Waals surface area contributed by atoms with Gasteiger partial charge in [0.2, 0.25) is 0 Å². The molecule has 2 aromatic rings. The molecule has 0 fully saturated rings. The second-order valence-electron chi connectivity index (χ2n) is 3.87. The maximum absolute atomic E-state index is 4.14. The molecule has 0 radical (unpaired) electrons. The first kappa shape index (κ1) is 12.7. The average molecular weight is 315 g/mol. The van der Waals surface area contributed by atoms with Gasteiger partial charge in [0.05, 0.1) is 5.69 Å². The van der Waals surface area contributed by atoms with Crippen LogP contribution in [-0.2, 0) is 13.5 Å². The summed E-state index contributed by atoms with van der Waals surface area (Å²) in [6.45, 7) is 3.06. The highest BCUT2D eigenvalue weighted by Crippen LogP contribution is 2.27. The minimum absolute atomic E-state index is 0.313. The number of hydrogen-bond donors (Lipinski definition) is 1. The highest BCUT2D eigenvalue weighted by Gasteiger charge is 2.14. The van der Waals surface area contributed by atoms with Crippen molar-refractivity contribution in [1.82, 2.24) is 20.3 Å². The number of rotatable bonds is 5. The van der Waals surface area contributed by atoms with Crippen LogP contribution in [0.1, 0.15) is 23.5 Å². The predicted molar refractivity (Wildman–Crippen MR) is 73.1 cm³/mol. The van der Waals surface area contributed by atoms with Gasteiger partial charge in [0.1, 0.15) is 0 Å². The molecule has 2 heterocycles. The normalized spacial score (nSPS) is 12.9. The lowest BCUT2D eigenvalue weighted by atomic mass is 10.1. The van der Waals surface area contributed by atoms with Gasteiger partial charge >= 0.3 is 0 Å². The molecule has 1 N–H and O–H groups in total. The lowest BCUT2D eigenvalue weighted by molar-refractivity contribution is 0.551. The SMILES string of the molecule is CCNC(Cc1cn(C)nn1)c1cc(Br)cs1. The molecule has 0 aliphatic heterocycles. The van der Waals surface area contributed by atoms with Gasteiger partial charge in [-0.2, -0.15) is 0 Å². The molecule has 17 heavy (non-hydrogen) atoms. The molecule has 0 saturated heterocycles. The molecule has 4 nitrogen and oxygen atoms in total. The zero-order valence-corrected chi connectivity index (χ0v) is 12.3. The number of halogens is 1. The fourth-order valence-corrected chi connectivity index (χ4v) is 3.25. The molecule has 0 amide bonds. The van der Waals surface area contributed by atoms with Crippen LogP contribution in [-0.4, -0.2) is 21.5 Å². The van der Waals surface area contributed by atoms with Crippen molar-refractivity contribution in [3.8, 4) is 0 Å². The molecule has 92 valence electrons. The first-order valence-corrected chi connectivity index (χ1v) is 7.18. The minimum atomic E-state index is 0.313. The van der Waals surface area contributed by atoms with E-state index in [0.717, 1.165) is 23.1 Å². The van der Waals surface area contributed by atoms with Crippen molar-refractivity contribution in [3.63, 3.8) is 0 Å². The second-order valence-corrected chi connectivity index (χ2v) is 5.72. The van der Waals surface area contributed by atoms with E-state index in [4.69, 9.17) is 0 Å². The first-order chi connectivity index (χ1) is 8.19. The Bertz CT molecular complexity index is 479. The van der Waals surface area contributed by atoms with Crippen LogP contribution >= 0.6 is 27.3 Å². The van der Waals surface area contributed by atoms with E-state index in [2.05, 4.69) is 49.9 Å². The predicted octanol–water partition coefficient (Wildman–Crippen LogP) is 2.53. The van der Waals surface area contributed by atoms with Crippen LogP contribution in [0.25, 0.3) is 0 Å². The molecule has 0 aliphatic carbocycles. The number of aromatic nitrogens is 3. The average Bonchev–Trinajstić information content (AvgIpc) is 2.87. The van der Waals surface area contributed by atoms with Crippen LogP contribution in [0.5, 0.6) is 0 Å². The van der Waals surface area contributed by atoms with Crippen molar-refractivity contribution in [3.05, 3.63) is 32.7 Å². The van der Waals surface area contributed by atoms with E-state index < -0.39 is 0 Å². The number of nitrogens with zero attached hydrogens (tertiary/aromatic N) is 3. The summed E-state index contributed by atoms with van der Waals surface area (Å²) in [6, 6.07) is 2.47. The van der Waals surface area contributed by atoms with Crippen molar-refractivity contribution in [2.75, 3.05) is 6.54 Å². The fraction of sp³-hybridized carbons (Fsp3) is 0.455. The number of aryl methyl sites for hydroxylation is 1. The van der Waals surface area contributed by atoms with E-state index in [-0.39, 0.29) is 0 Å². The Morgan fingerprint density at radius 2 is 2.41 bits per heavy atom. The third-order valence-electron chi connectivity index (χ3n) is 2.45.